The van der Waals surface area contributed by atoms with E-state index in [1.807, 2.05) is 39.5 Å². The van der Waals surface area contributed by atoms with E-state index < -0.39 is 17.8 Å². The van der Waals surface area contributed by atoms with Crippen LogP contribution in [-0.2, 0) is 19.0 Å². The van der Waals surface area contributed by atoms with E-state index in [0.29, 0.717) is 56.1 Å². The van der Waals surface area contributed by atoms with Gasteiger partial charge in [0.1, 0.15) is 11.4 Å². The number of fused-ring (bicyclic) bond motifs is 1. The van der Waals surface area contributed by atoms with Crippen LogP contribution in [0.2, 0.25) is 0 Å². The summed E-state index contributed by atoms with van der Waals surface area (Å²) in [5.41, 5.74) is 0.282. The Morgan fingerprint density at radius 1 is 1.14 bits per heavy atom. The highest BCUT2D eigenvalue weighted by Gasteiger charge is 2.41. The minimum atomic E-state index is -0.677. The molecule has 1 aromatic rings. The topological polar surface area (TPSA) is 127 Å². The Morgan fingerprint density at radius 2 is 1.86 bits per heavy atom. The first-order valence-corrected chi connectivity index (χ1v) is 15.2. The lowest BCUT2D eigenvalue weighted by atomic mass is 9.91. The fraction of sp³-hybridized carbons (Fsp3) is 0.677. The van der Waals surface area contributed by atoms with Crippen LogP contribution in [0.5, 0.6) is 5.75 Å². The van der Waals surface area contributed by atoms with Gasteiger partial charge in [-0.2, -0.15) is 0 Å². The van der Waals surface area contributed by atoms with E-state index in [1.54, 1.807) is 28.0 Å². The van der Waals surface area contributed by atoms with Crippen LogP contribution in [0.1, 0.15) is 70.7 Å². The molecule has 12 heteroatoms. The molecule has 2 atom stereocenters. The van der Waals surface area contributed by atoms with Gasteiger partial charge in [0.25, 0.3) is 11.8 Å². The fourth-order valence-corrected chi connectivity index (χ4v) is 5.95. The molecule has 4 amide bonds. The number of carbonyl (C=O) groups is 4. The van der Waals surface area contributed by atoms with Crippen molar-refractivity contribution >= 4 is 29.7 Å². The second kappa shape index (κ2) is 13.8. The summed E-state index contributed by atoms with van der Waals surface area (Å²) in [6.07, 6.45) is 1.28. The van der Waals surface area contributed by atoms with E-state index >= 15 is 0 Å². The van der Waals surface area contributed by atoms with Crippen LogP contribution in [0.4, 0.5) is 15.3 Å². The molecule has 2 fully saturated rings. The number of methoxy groups -OCH3 is 1. The van der Waals surface area contributed by atoms with Crippen LogP contribution in [0.3, 0.4) is 0 Å². The molecule has 3 heterocycles. The van der Waals surface area contributed by atoms with Crippen molar-refractivity contribution in [1.82, 2.24) is 15.1 Å². The van der Waals surface area contributed by atoms with Crippen molar-refractivity contribution in [2.75, 3.05) is 51.4 Å². The van der Waals surface area contributed by atoms with Gasteiger partial charge in [-0.1, -0.05) is 0 Å². The lowest BCUT2D eigenvalue weighted by Gasteiger charge is -2.42. The fourth-order valence-electron chi connectivity index (χ4n) is 5.95. The lowest BCUT2D eigenvalue weighted by Crippen LogP contribution is -2.54. The molecule has 1 N–H and O–H groups in total. The third-order valence-electron chi connectivity index (χ3n) is 7.98. The lowest BCUT2D eigenvalue weighted by molar-refractivity contribution is -0.130. The van der Waals surface area contributed by atoms with E-state index in [4.69, 9.17) is 14.2 Å². The van der Waals surface area contributed by atoms with Crippen molar-refractivity contribution < 1.29 is 38.1 Å². The third kappa shape index (κ3) is 7.90. The molecule has 3 aliphatic heterocycles. The van der Waals surface area contributed by atoms with Crippen LogP contribution < -0.4 is 15.0 Å². The molecule has 238 valence electrons. The summed E-state index contributed by atoms with van der Waals surface area (Å²) in [4.78, 5) is 57.5. The van der Waals surface area contributed by atoms with Crippen LogP contribution in [-0.4, -0.2) is 104 Å². The number of amides is 4. The Bertz CT molecular complexity index is 1180. The van der Waals surface area contributed by atoms with E-state index in [9.17, 15) is 19.2 Å². The van der Waals surface area contributed by atoms with Crippen molar-refractivity contribution in [3.8, 4) is 5.75 Å². The Labute approximate surface area is 253 Å². The van der Waals surface area contributed by atoms with Gasteiger partial charge in [0.2, 0.25) is 0 Å². The van der Waals surface area contributed by atoms with Crippen molar-refractivity contribution in [3.63, 3.8) is 0 Å². The molecule has 0 bridgehead atoms. The number of hydrogen-bond acceptors (Lipinski definition) is 8. The minimum Gasteiger partial charge on any atom is -0.478 e. The van der Waals surface area contributed by atoms with E-state index in [-0.39, 0.29) is 49.0 Å². The zero-order valence-corrected chi connectivity index (χ0v) is 26.2. The molecule has 4 rings (SSSR count). The number of nitrogens with one attached hydrogen (secondary N) is 1. The monoisotopic (exact) mass is 602 g/mol. The smallest absolute Gasteiger partial charge is 0.410 e. The summed E-state index contributed by atoms with van der Waals surface area (Å²) in [5, 5.41) is 2.63. The van der Waals surface area contributed by atoms with Crippen LogP contribution in [0.15, 0.2) is 18.2 Å². The van der Waals surface area contributed by atoms with Gasteiger partial charge in [-0.25, -0.2) is 9.59 Å². The second-order valence-electron chi connectivity index (χ2n) is 12.6. The van der Waals surface area contributed by atoms with E-state index in [2.05, 4.69) is 10.1 Å². The van der Waals surface area contributed by atoms with E-state index in [0.717, 1.165) is 12.8 Å². The van der Waals surface area contributed by atoms with Gasteiger partial charge in [-0.15, -0.1) is 0 Å². The maximum Gasteiger partial charge on any atom is 0.410 e. The maximum atomic E-state index is 14.1. The standard InChI is InChI=1S/C31H46N4O8/c1-20(2)35(23-8-7-14-33(19-23)30(39)43-31(3,4)5)27(36)22-9-10-25-24(18-22)34(15-13-32-29(38)40-6)28(37)26(42-25)21-11-16-41-17-12-21/h9-10,18,20-21,23,26H,7-8,11-17,19H2,1-6H3,(H,32,38)/t23-,26?/m1/s1. The van der Waals surface area contributed by atoms with Gasteiger partial charge in [0.15, 0.2) is 6.10 Å². The van der Waals surface area contributed by atoms with Gasteiger partial charge in [-0.05, 0) is 78.5 Å². The molecule has 3 aliphatic rings. The number of nitrogens with zero attached hydrogens (tertiary/aromatic N) is 3. The third-order valence-corrected chi connectivity index (χ3v) is 7.98. The Balaban J connectivity index is 1.59. The number of likely N-dealkylation sites (tertiary alicyclic amines) is 1. The Kier molecular flexibility index (Phi) is 10.4. The van der Waals surface area contributed by atoms with Gasteiger partial charge >= 0.3 is 12.2 Å². The van der Waals surface area contributed by atoms with Gasteiger partial charge in [0.05, 0.1) is 18.8 Å². The normalized spacial score (nSPS) is 21.1. The van der Waals surface area contributed by atoms with Gasteiger partial charge in [0, 0.05) is 56.9 Å². The Hall–Kier alpha value is -3.54. The summed E-state index contributed by atoms with van der Waals surface area (Å²) in [6.45, 7) is 11.9. The highest BCUT2D eigenvalue weighted by Crippen LogP contribution is 2.38. The second-order valence-corrected chi connectivity index (χ2v) is 12.6. The first kappa shape index (κ1) is 32.4. The van der Waals surface area contributed by atoms with Crippen LogP contribution >= 0.6 is 0 Å². The highest BCUT2D eigenvalue weighted by molar-refractivity contribution is 6.03. The summed E-state index contributed by atoms with van der Waals surface area (Å²) in [5.74, 6) is 0.107. The molecule has 0 aromatic heterocycles. The number of carbonyl (C=O) groups excluding carboxylic acids is 4. The summed E-state index contributed by atoms with van der Waals surface area (Å²) >= 11 is 0. The number of hydrogen-bond donors (Lipinski definition) is 1. The number of rotatable bonds is 7. The van der Waals surface area contributed by atoms with Crippen molar-refractivity contribution in [1.29, 1.82) is 0 Å². The van der Waals surface area contributed by atoms with Crippen LogP contribution in [0.25, 0.3) is 0 Å². The molecule has 0 aliphatic carbocycles. The van der Waals surface area contributed by atoms with Gasteiger partial charge < -0.3 is 39.0 Å². The molecule has 2 saturated heterocycles. The molecule has 1 unspecified atom stereocenters. The average molecular weight is 603 g/mol. The molecule has 0 radical (unpaired) electrons. The zero-order valence-electron chi connectivity index (χ0n) is 26.2. The molecular weight excluding hydrogens is 556 g/mol. The van der Waals surface area contributed by atoms with Crippen molar-refractivity contribution in [2.45, 2.75) is 84.1 Å². The largest absolute Gasteiger partial charge is 0.478 e. The van der Waals surface area contributed by atoms with Gasteiger partial charge in [-0.3, -0.25) is 9.59 Å². The predicted octanol–water partition coefficient (Wildman–Crippen LogP) is 3.81. The molecule has 12 nitrogen and oxygen atoms in total. The number of anilines is 1. The van der Waals surface area contributed by atoms with Crippen molar-refractivity contribution in [3.05, 3.63) is 23.8 Å². The molecular formula is C31H46N4O8. The van der Waals surface area contributed by atoms with E-state index in [1.165, 1.54) is 7.11 Å². The predicted molar refractivity (Wildman–Crippen MR) is 159 cm³/mol. The van der Waals surface area contributed by atoms with Crippen LogP contribution in [0, 0.1) is 5.92 Å². The molecule has 0 saturated carbocycles. The zero-order chi connectivity index (χ0) is 31.3. The minimum absolute atomic E-state index is 0.00225. The first-order chi connectivity index (χ1) is 20.4. The summed E-state index contributed by atoms with van der Waals surface area (Å²) in [6, 6.07) is 4.84. The number of piperidine rings is 1. The highest BCUT2D eigenvalue weighted by atomic mass is 16.6. The van der Waals surface area contributed by atoms with Crippen molar-refractivity contribution in [2.24, 2.45) is 5.92 Å². The number of ether oxygens (including phenoxy) is 4. The quantitative estimate of drug-likeness (QED) is 0.499. The molecule has 0 spiro atoms. The summed E-state index contributed by atoms with van der Waals surface area (Å²) < 4.78 is 22.0. The summed E-state index contributed by atoms with van der Waals surface area (Å²) in [7, 11) is 1.28. The maximum absolute atomic E-state index is 14.1. The number of benzene rings is 1. The molecule has 1 aromatic carbocycles. The SMILES string of the molecule is COC(=O)NCCN1C(=O)C(C2CCOCC2)Oc2ccc(C(=O)N(C(C)C)[C@@H]3CCCN(C(=O)OC(C)(C)C)C3)cc21. The molecule has 43 heavy (non-hydrogen) atoms. The Morgan fingerprint density at radius 3 is 2.51 bits per heavy atom. The average Bonchev–Trinajstić information content (AvgIpc) is 2.97. The first-order valence-electron chi connectivity index (χ1n) is 15.2. The number of alkyl carbamates (subject to hydrolysis) is 1.